The molecular formula is C15H23NO. The predicted octanol–water partition coefficient (Wildman–Crippen LogP) is 2.47. The number of aliphatic hydroxyl groups is 1. The maximum atomic E-state index is 10.0. The van der Waals surface area contributed by atoms with E-state index in [1.807, 2.05) is 6.07 Å². The van der Waals surface area contributed by atoms with Gasteiger partial charge in [0.15, 0.2) is 0 Å². The van der Waals surface area contributed by atoms with Crippen molar-refractivity contribution in [3.8, 4) is 0 Å². The molecule has 1 heterocycles. The number of hydrogen-bond donors (Lipinski definition) is 1. The highest BCUT2D eigenvalue weighted by Gasteiger charge is 2.14. The minimum Gasteiger partial charge on any atom is -0.392 e. The molecule has 1 unspecified atom stereocenters. The van der Waals surface area contributed by atoms with E-state index < -0.39 is 0 Å². The molecule has 1 aliphatic rings. The van der Waals surface area contributed by atoms with Gasteiger partial charge in [-0.05, 0) is 44.3 Å². The molecule has 0 spiro atoms. The third kappa shape index (κ3) is 4.49. The second kappa shape index (κ2) is 6.77. The Hall–Kier alpha value is -0.860. The first-order chi connectivity index (χ1) is 8.34. The van der Waals surface area contributed by atoms with Gasteiger partial charge in [-0.3, -0.25) is 0 Å². The van der Waals surface area contributed by atoms with Crippen LogP contribution in [0.5, 0.6) is 0 Å². The molecule has 2 nitrogen and oxygen atoms in total. The first-order valence-corrected chi connectivity index (χ1v) is 6.79. The van der Waals surface area contributed by atoms with Crippen LogP contribution in [-0.4, -0.2) is 35.7 Å². The molecule has 0 aromatic heterocycles. The smallest absolute Gasteiger partial charge is 0.0670 e. The number of β-amino-alcohol motifs (C(OH)–C–C–N with tert-alkyl or cyclic N) is 1. The quantitative estimate of drug-likeness (QED) is 0.844. The van der Waals surface area contributed by atoms with Gasteiger partial charge in [0, 0.05) is 6.54 Å². The maximum Gasteiger partial charge on any atom is 0.0670 e. The lowest BCUT2D eigenvalue weighted by Crippen LogP contribution is -2.36. The van der Waals surface area contributed by atoms with E-state index in [0.29, 0.717) is 0 Å². The van der Waals surface area contributed by atoms with Gasteiger partial charge in [-0.2, -0.15) is 0 Å². The van der Waals surface area contributed by atoms with Crippen molar-refractivity contribution in [1.29, 1.82) is 0 Å². The number of rotatable bonds is 5. The molecule has 1 atom stereocenters. The summed E-state index contributed by atoms with van der Waals surface area (Å²) < 4.78 is 0. The standard InChI is InChI=1S/C15H23NO/c17-15(13-16-11-5-2-6-12-16)10-9-14-7-3-1-4-8-14/h1,3-4,7-8,15,17H,2,5-6,9-13H2. The molecular weight excluding hydrogens is 210 g/mol. The third-order valence-corrected chi connectivity index (χ3v) is 3.53. The predicted molar refractivity (Wildman–Crippen MR) is 71.1 cm³/mol. The van der Waals surface area contributed by atoms with Gasteiger partial charge in [-0.25, -0.2) is 0 Å². The summed E-state index contributed by atoms with van der Waals surface area (Å²) in [6, 6.07) is 10.4. The Morgan fingerprint density at radius 1 is 1.06 bits per heavy atom. The number of likely N-dealkylation sites (tertiary alicyclic amines) is 1. The van der Waals surface area contributed by atoms with E-state index >= 15 is 0 Å². The van der Waals surface area contributed by atoms with E-state index in [4.69, 9.17) is 0 Å². The number of aryl methyl sites for hydroxylation is 1. The molecule has 1 saturated heterocycles. The molecule has 0 radical (unpaired) electrons. The minimum absolute atomic E-state index is 0.173. The highest BCUT2D eigenvalue weighted by Crippen LogP contribution is 2.11. The highest BCUT2D eigenvalue weighted by atomic mass is 16.3. The summed E-state index contributed by atoms with van der Waals surface area (Å²) in [4.78, 5) is 2.40. The normalized spacial score (nSPS) is 19.1. The summed E-state index contributed by atoms with van der Waals surface area (Å²) >= 11 is 0. The van der Waals surface area contributed by atoms with Crippen LogP contribution in [0.3, 0.4) is 0 Å². The number of piperidine rings is 1. The summed E-state index contributed by atoms with van der Waals surface area (Å²) in [6.07, 6.45) is 5.64. The lowest BCUT2D eigenvalue weighted by Gasteiger charge is -2.28. The second-order valence-corrected chi connectivity index (χ2v) is 5.04. The SMILES string of the molecule is OC(CCc1ccccc1)CN1CCCCC1. The number of hydrogen-bond acceptors (Lipinski definition) is 2. The minimum atomic E-state index is -0.173. The topological polar surface area (TPSA) is 23.5 Å². The van der Waals surface area contributed by atoms with Crippen LogP contribution in [0.1, 0.15) is 31.2 Å². The van der Waals surface area contributed by atoms with Gasteiger partial charge in [0.25, 0.3) is 0 Å². The summed E-state index contributed by atoms with van der Waals surface area (Å²) in [5.74, 6) is 0. The average Bonchev–Trinajstić information content (AvgIpc) is 2.39. The van der Waals surface area contributed by atoms with Gasteiger partial charge in [0.1, 0.15) is 0 Å². The van der Waals surface area contributed by atoms with Crippen LogP contribution in [0.2, 0.25) is 0 Å². The molecule has 1 aromatic carbocycles. The number of aliphatic hydroxyl groups excluding tert-OH is 1. The van der Waals surface area contributed by atoms with E-state index in [2.05, 4.69) is 29.2 Å². The molecule has 1 fully saturated rings. The summed E-state index contributed by atoms with van der Waals surface area (Å²) in [7, 11) is 0. The average molecular weight is 233 g/mol. The highest BCUT2D eigenvalue weighted by molar-refractivity contribution is 5.14. The largest absolute Gasteiger partial charge is 0.392 e. The Bertz CT molecular complexity index is 306. The van der Waals surface area contributed by atoms with E-state index in [0.717, 1.165) is 19.4 Å². The first-order valence-electron chi connectivity index (χ1n) is 6.79. The molecule has 0 aliphatic carbocycles. The van der Waals surface area contributed by atoms with Crippen molar-refractivity contribution in [2.45, 2.75) is 38.2 Å². The molecule has 0 saturated carbocycles. The van der Waals surface area contributed by atoms with Crippen molar-refractivity contribution in [2.75, 3.05) is 19.6 Å². The molecule has 94 valence electrons. The van der Waals surface area contributed by atoms with Gasteiger partial charge < -0.3 is 10.0 Å². The van der Waals surface area contributed by atoms with Crippen molar-refractivity contribution >= 4 is 0 Å². The van der Waals surface area contributed by atoms with Crippen molar-refractivity contribution in [3.63, 3.8) is 0 Å². The van der Waals surface area contributed by atoms with Crippen molar-refractivity contribution in [2.24, 2.45) is 0 Å². The molecule has 17 heavy (non-hydrogen) atoms. The zero-order valence-electron chi connectivity index (χ0n) is 10.5. The summed E-state index contributed by atoms with van der Waals surface area (Å²) in [5.41, 5.74) is 1.32. The van der Waals surface area contributed by atoms with Crippen LogP contribution in [-0.2, 0) is 6.42 Å². The molecule has 1 aliphatic heterocycles. The fourth-order valence-electron chi connectivity index (χ4n) is 2.51. The number of benzene rings is 1. The Morgan fingerprint density at radius 3 is 2.47 bits per heavy atom. The van der Waals surface area contributed by atoms with E-state index in [9.17, 15) is 5.11 Å². The zero-order valence-corrected chi connectivity index (χ0v) is 10.5. The lowest BCUT2D eigenvalue weighted by molar-refractivity contribution is 0.0950. The van der Waals surface area contributed by atoms with Crippen molar-refractivity contribution < 1.29 is 5.11 Å². The first kappa shape index (κ1) is 12.6. The maximum absolute atomic E-state index is 10.0. The fourth-order valence-corrected chi connectivity index (χ4v) is 2.51. The molecule has 1 N–H and O–H groups in total. The molecule has 0 bridgehead atoms. The van der Waals surface area contributed by atoms with Crippen LogP contribution < -0.4 is 0 Å². The summed E-state index contributed by atoms with van der Waals surface area (Å²) in [6.45, 7) is 3.19. The molecule has 2 rings (SSSR count). The monoisotopic (exact) mass is 233 g/mol. The fraction of sp³-hybridized carbons (Fsp3) is 0.600. The zero-order chi connectivity index (χ0) is 11.9. The molecule has 1 aromatic rings. The van der Waals surface area contributed by atoms with Gasteiger partial charge in [0.2, 0.25) is 0 Å². The van der Waals surface area contributed by atoms with E-state index in [1.54, 1.807) is 0 Å². The summed E-state index contributed by atoms with van der Waals surface area (Å²) in [5, 5.41) is 10.0. The van der Waals surface area contributed by atoms with Crippen molar-refractivity contribution in [3.05, 3.63) is 35.9 Å². The van der Waals surface area contributed by atoms with E-state index in [1.165, 1.54) is 37.9 Å². The second-order valence-electron chi connectivity index (χ2n) is 5.04. The Balaban J connectivity index is 1.68. The Labute approximate surface area is 104 Å². The van der Waals surface area contributed by atoms with Crippen LogP contribution in [0.25, 0.3) is 0 Å². The van der Waals surface area contributed by atoms with Crippen LogP contribution in [0.4, 0.5) is 0 Å². The van der Waals surface area contributed by atoms with Crippen LogP contribution >= 0.6 is 0 Å². The lowest BCUT2D eigenvalue weighted by atomic mass is 10.1. The van der Waals surface area contributed by atoms with Crippen LogP contribution in [0, 0.1) is 0 Å². The molecule has 2 heteroatoms. The van der Waals surface area contributed by atoms with Gasteiger partial charge in [0.05, 0.1) is 6.10 Å². The third-order valence-electron chi connectivity index (χ3n) is 3.53. The van der Waals surface area contributed by atoms with E-state index in [-0.39, 0.29) is 6.10 Å². The Morgan fingerprint density at radius 2 is 1.76 bits per heavy atom. The van der Waals surface area contributed by atoms with Crippen LogP contribution in [0.15, 0.2) is 30.3 Å². The van der Waals surface area contributed by atoms with Gasteiger partial charge >= 0.3 is 0 Å². The van der Waals surface area contributed by atoms with Crippen molar-refractivity contribution in [1.82, 2.24) is 4.90 Å². The number of nitrogens with zero attached hydrogens (tertiary/aromatic N) is 1. The van der Waals surface area contributed by atoms with Gasteiger partial charge in [-0.15, -0.1) is 0 Å². The van der Waals surface area contributed by atoms with Gasteiger partial charge in [-0.1, -0.05) is 36.8 Å². The Kier molecular flexibility index (Phi) is 5.02. The molecule has 0 amide bonds.